The molecule has 0 saturated heterocycles. The fourth-order valence-electron chi connectivity index (χ4n) is 2.38. The average molecular weight is 384 g/mol. The van der Waals surface area contributed by atoms with Crippen molar-refractivity contribution in [3.05, 3.63) is 65.2 Å². The first-order valence-corrected chi connectivity index (χ1v) is 8.41. The van der Waals surface area contributed by atoms with Crippen LogP contribution in [0.3, 0.4) is 0 Å². The fourth-order valence-corrected chi connectivity index (χ4v) is 2.38. The molecule has 0 fully saturated rings. The molecule has 146 valence electrons. The highest BCUT2D eigenvalue weighted by Gasteiger charge is 2.12. The van der Waals surface area contributed by atoms with Crippen molar-refractivity contribution >= 4 is 22.5 Å². The van der Waals surface area contributed by atoms with Gasteiger partial charge in [0.1, 0.15) is 22.8 Å². The Bertz CT molecular complexity index is 1060. The van der Waals surface area contributed by atoms with Crippen molar-refractivity contribution < 1.29 is 14.6 Å². The molecule has 0 amide bonds. The van der Waals surface area contributed by atoms with Crippen molar-refractivity contribution in [3.8, 4) is 0 Å². The van der Waals surface area contributed by atoms with Gasteiger partial charge in [0.25, 0.3) is 0 Å². The number of rotatable bonds is 4. The van der Waals surface area contributed by atoms with Crippen molar-refractivity contribution in [1.82, 2.24) is 14.8 Å². The Morgan fingerprint density at radius 2 is 1.82 bits per heavy atom. The zero-order chi connectivity index (χ0) is 20.7. The fraction of sp³-hybridized carbons (Fsp3) is 0.211. The zero-order valence-electron chi connectivity index (χ0n) is 15.3. The monoisotopic (exact) mass is 384 g/mol. The normalized spacial score (nSPS) is 10.3. The average Bonchev–Trinajstić information content (AvgIpc) is 2.70. The van der Waals surface area contributed by atoms with E-state index < -0.39 is 5.82 Å². The molecule has 9 heteroatoms. The predicted molar refractivity (Wildman–Crippen MR) is 103 cm³/mol. The summed E-state index contributed by atoms with van der Waals surface area (Å²) in [6, 6.07) is 9.63. The Morgan fingerprint density at radius 1 is 1.11 bits per heavy atom. The van der Waals surface area contributed by atoms with Gasteiger partial charge < -0.3 is 15.6 Å². The zero-order valence-corrected chi connectivity index (χ0v) is 15.3. The number of benzene rings is 1. The standard InChI is InChI=1S/C17H15FN6.C2H6O2/c1-10(19)13-6-7-15(20)24(23-13)16(21)9-11-4-5-14-12(17(11)18)3-2-8-22-14;3-1-2-4/h2-8,19-21H,9H2,1H3;3-4H,1-2H2. The number of nitrogens with zero attached hydrogens (tertiary/aromatic N) is 3. The van der Waals surface area contributed by atoms with E-state index in [1.165, 1.54) is 6.07 Å². The molecule has 5 N–H and O–H groups in total. The van der Waals surface area contributed by atoms with E-state index >= 15 is 0 Å². The number of nitrogens with one attached hydrogen (secondary N) is 3. The van der Waals surface area contributed by atoms with Crippen molar-refractivity contribution in [2.24, 2.45) is 0 Å². The van der Waals surface area contributed by atoms with Gasteiger partial charge >= 0.3 is 0 Å². The first-order chi connectivity index (χ1) is 13.4. The molecule has 0 radical (unpaired) electrons. The van der Waals surface area contributed by atoms with E-state index in [2.05, 4.69) is 10.1 Å². The summed E-state index contributed by atoms with van der Waals surface area (Å²) in [5.74, 6) is -0.456. The number of aliphatic hydroxyl groups excluding tert-OH is 2. The lowest BCUT2D eigenvalue weighted by atomic mass is 10.1. The van der Waals surface area contributed by atoms with Crippen LogP contribution in [0.4, 0.5) is 4.39 Å². The van der Waals surface area contributed by atoms with Crippen LogP contribution in [0, 0.1) is 22.0 Å². The lowest BCUT2D eigenvalue weighted by Gasteiger charge is -2.10. The van der Waals surface area contributed by atoms with Gasteiger partial charge in [0, 0.05) is 18.0 Å². The Kier molecular flexibility index (Phi) is 7.19. The molecular weight excluding hydrogens is 363 g/mol. The Labute approximate surface area is 160 Å². The van der Waals surface area contributed by atoms with Crippen LogP contribution < -0.4 is 5.49 Å². The van der Waals surface area contributed by atoms with Gasteiger partial charge in [-0.25, -0.2) is 9.07 Å². The maximum atomic E-state index is 14.6. The molecule has 2 aromatic heterocycles. The molecule has 1 aromatic carbocycles. The maximum absolute atomic E-state index is 14.6. The van der Waals surface area contributed by atoms with Crippen LogP contribution >= 0.6 is 0 Å². The van der Waals surface area contributed by atoms with Gasteiger partial charge in [-0.1, -0.05) is 6.07 Å². The minimum Gasteiger partial charge on any atom is -0.394 e. The van der Waals surface area contributed by atoms with Gasteiger partial charge in [-0.3, -0.25) is 15.8 Å². The van der Waals surface area contributed by atoms with Gasteiger partial charge in [0.15, 0.2) is 0 Å². The molecule has 0 aliphatic carbocycles. The van der Waals surface area contributed by atoms with Crippen LogP contribution in [0.1, 0.15) is 18.2 Å². The van der Waals surface area contributed by atoms with Crippen LogP contribution in [-0.2, 0) is 6.42 Å². The lowest BCUT2D eigenvalue weighted by Crippen LogP contribution is -2.31. The largest absolute Gasteiger partial charge is 0.394 e. The second-order valence-corrected chi connectivity index (χ2v) is 5.82. The highest BCUT2D eigenvalue weighted by Crippen LogP contribution is 2.19. The molecule has 8 nitrogen and oxygen atoms in total. The summed E-state index contributed by atoms with van der Waals surface area (Å²) in [6.45, 7) is 1.33. The number of pyridine rings is 1. The van der Waals surface area contributed by atoms with E-state index in [1.807, 2.05) is 0 Å². The molecule has 0 unspecified atom stereocenters. The summed E-state index contributed by atoms with van der Waals surface area (Å²) in [7, 11) is 0. The van der Waals surface area contributed by atoms with Gasteiger partial charge in [0.05, 0.1) is 24.4 Å². The molecule has 0 spiro atoms. The van der Waals surface area contributed by atoms with Crippen molar-refractivity contribution in [2.75, 3.05) is 13.2 Å². The predicted octanol–water partition coefficient (Wildman–Crippen LogP) is 1.48. The van der Waals surface area contributed by atoms with Crippen molar-refractivity contribution in [2.45, 2.75) is 13.3 Å². The van der Waals surface area contributed by atoms with Crippen LogP contribution in [0.5, 0.6) is 0 Å². The summed E-state index contributed by atoms with van der Waals surface area (Å²) < 4.78 is 15.7. The minimum atomic E-state index is -0.420. The number of fused-ring (bicyclic) bond motifs is 1. The molecule has 3 rings (SSSR count). The summed E-state index contributed by atoms with van der Waals surface area (Å²) in [5, 5.41) is 43.4. The molecule has 0 aliphatic rings. The first kappa shape index (κ1) is 21.0. The van der Waals surface area contributed by atoms with Crippen molar-refractivity contribution in [3.63, 3.8) is 0 Å². The third-order valence-corrected chi connectivity index (χ3v) is 3.73. The number of aromatic nitrogens is 3. The molecule has 0 atom stereocenters. The van der Waals surface area contributed by atoms with Crippen LogP contribution in [0.25, 0.3) is 10.9 Å². The van der Waals surface area contributed by atoms with E-state index in [-0.39, 0.29) is 36.7 Å². The van der Waals surface area contributed by atoms with E-state index in [0.29, 0.717) is 22.2 Å². The third kappa shape index (κ3) is 4.90. The third-order valence-electron chi connectivity index (χ3n) is 3.73. The molecule has 0 aliphatic heterocycles. The molecule has 28 heavy (non-hydrogen) atoms. The first-order valence-electron chi connectivity index (χ1n) is 8.41. The van der Waals surface area contributed by atoms with E-state index in [0.717, 1.165) is 4.68 Å². The highest BCUT2D eigenvalue weighted by molar-refractivity contribution is 5.94. The molecule has 3 aromatic rings. The smallest absolute Gasteiger partial charge is 0.148 e. The minimum absolute atomic E-state index is 0.00728. The number of aliphatic hydroxyl groups is 2. The quantitative estimate of drug-likeness (QED) is 0.343. The van der Waals surface area contributed by atoms with Gasteiger partial charge in [0.2, 0.25) is 0 Å². The van der Waals surface area contributed by atoms with Gasteiger partial charge in [-0.15, -0.1) is 0 Å². The lowest BCUT2D eigenvalue weighted by molar-refractivity contribution is 0.186. The SMILES string of the molecule is CC(=N)c1ccc(=N)n(C(=N)Cc2ccc3ncccc3c2F)n1.OCCO. The Hall–Kier alpha value is -3.30. The Morgan fingerprint density at radius 3 is 2.46 bits per heavy atom. The van der Waals surface area contributed by atoms with Crippen LogP contribution in [0.2, 0.25) is 0 Å². The molecule has 0 saturated carbocycles. The molecule has 2 heterocycles. The van der Waals surface area contributed by atoms with Crippen molar-refractivity contribution in [1.29, 1.82) is 16.2 Å². The molecular formula is C19H21FN6O2. The van der Waals surface area contributed by atoms with E-state index in [1.54, 1.807) is 43.5 Å². The second-order valence-electron chi connectivity index (χ2n) is 5.82. The van der Waals surface area contributed by atoms with E-state index in [4.69, 9.17) is 26.4 Å². The van der Waals surface area contributed by atoms with Gasteiger partial charge in [-0.05, 0) is 42.8 Å². The summed E-state index contributed by atoms with van der Waals surface area (Å²) in [6.07, 6.45) is 1.58. The molecule has 0 bridgehead atoms. The highest BCUT2D eigenvalue weighted by atomic mass is 19.1. The number of hydrogen-bond acceptors (Lipinski definition) is 7. The maximum Gasteiger partial charge on any atom is 0.148 e. The summed E-state index contributed by atoms with van der Waals surface area (Å²) in [5.41, 5.74) is 1.51. The number of halogens is 1. The van der Waals surface area contributed by atoms with E-state index in [9.17, 15) is 4.39 Å². The second kappa shape index (κ2) is 9.58. The van der Waals surface area contributed by atoms with Gasteiger partial charge in [-0.2, -0.15) is 5.10 Å². The summed E-state index contributed by atoms with van der Waals surface area (Å²) >= 11 is 0. The number of hydrogen-bond donors (Lipinski definition) is 5. The Balaban J connectivity index is 0.000000640. The van der Waals surface area contributed by atoms with Crippen LogP contribution in [0.15, 0.2) is 42.6 Å². The summed E-state index contributed by atoms with van der Waals surface area (Å²) in [4.78, 5) is 4.10. The van der Waals surface area contributed by atoms with Crippen LogP contribution in [-0.4, -0.2) is 49.7 Å². The topological polar surface area (TPSA) is 143 Å².